The molecule has 0 aromatic rings. The van der Waals surface area contributed by atoms with Gasteiger partial charge in [-0.15, -0.1) is 0 Å². The summed E-state index contributed by atoms with van der Waals surface area (Å²) >= 11 is 0. The lowest BCUT2D eigenvalue weighted by atomic mass is 10.0. The Morgan fingerprint density at radius 3 is 2.44 bits per heavy atom. The number of carbonyl (C=O) groups excluding carboxylic acids is 1. The number of nitrogens with one attached hydrogen (secondary N) is 2. The number of amides is 1. The third-order valence-electron chi connectivity index (χ3n) is 2.46. The average molecular weight is 236 g/mol. The maximum atomic E-state index is 12.0. The molecule has 0 aliphatic carbocycles. The van der Waals surface area contributed by atoms with Gasteiger partial charge in [0.2, 0.25) is 5.91 Å². The summed E-state index contributed by atoms with van der Waals surface area (Å²) < 4.78 is 36.1. The number of hydrogen-bond donors (Lipinski definition) is 2. The van der Waals surface area contributed by atoms with Crippen LogP contribution in [-0.2, 0) is 4.79 Å². The molecule has 16 heavy (non-hydrogen) atoms. The first-order chi connectivity index (χ1) is 7.29. The van der Waals surface area contributed by atoms with Crippen molar-refractivity contribution in [2.45, 2.75) is 32.5 Å². The fourth-order valence-electron chi connectivity index (χ4n) is 1.41. The summed E-state index contributed by atoms with van der Waals surface area (Å²) in [5.74, 6) is -0.409. The summed E-state index contributed by atoms with van der Waals surface area (Å²) in [7, 11) is 0. The number of alkyl halides is 3. The van der Waals surface area contributed by atoms with Crippen LogP contribution in [0.25, 0.3) is 0 Å². The molecule has 0 spiro atoms. The first kappa shape index (κ1) is 13.0. The van der Waals surface area contributed by atoms with E-state index in [-0.39, 0.29) is 0 Å². The molecule has 92 valence electrons. The standard InChI is InChI=1S/C10H15F3N2O/c1-6(3-10(11,12)13)15-9(16)7(2)8-4-14-5-8/h6,14H,3-5H2,1-2H3,(H,15,16). The number of halogens is 3. The minimum atomic E-state index is -4.24. The lowest BCUT2D eigenvalue weighted by Crippen LogP contribution is -2.40. The summed E-state index contributed by atoms with van der Waals surface area (Å²) in [5, 5.41) is 5.31. The Morgan fingerprint density at radius 2 is 2.06 bits per heavy atom. The highest BCUT2D eigenvalue weighted by Gasteiger charge is 2.30. The van der Waals surface area contributed by atoms with Crippen molar-refractivity contribution in [2.24, 2.45) is 0 Å². The second-order valence-electron chi connectivity index (χ2n) is 4.03. The fourth-order valence-corrected chi connectivity index (χ4v) is 1.41. The van der Waals surface area contributed by atoms with Gasteiger partial charge in [-0.25, -0.2) is 0 Å². The first-order valence-electron chi connectivity index (χ1n) is 5.06. The summed E-state index contributed by atoms with van der Waals surface area (Å²) in [6.07, 6.45) is -5.24. The molecule has 0 saturated carbocycles. The van der Waals surface area contributed by atoms with E-state index in [4.69, 9.17) is 0 Å². The molecule has 1 aliphatic rings. The smallest absolute Gasteiger partial charge is 0.350 e. The molecule has 0 radical (unpaired) electrons. The average Bonchev–Trinajstić information content (AvgIpc) is 1.96. The molecule has 1 rings (SSSR count). The molecule has 1 fully saturated rings. The predicted molar refractivity (Wildman–Crippen MR) is 53.8 cm³/mol. The molecule has 1 unspecified atom stereocenters. The molecule has 0 aromatic carbocycles. The summed E-state index contributed by atoms with van der Waals surface area (Å²) in [6.45, 7) is 4.27. The minimum Gasteiger partial charge on any atom is -0.350 e. The van der Waals surface area contributed by atoms with E-state index in [0.29, 0.717) is 18.7 Å². The van der Waals surface area contributed by atoms with Gasteiger partial charge in [-0.3, -0.25) is 4.79 Å². The van der Waals surface area contributed by atoms with Gasteiger partial charge >= 0.3 is 6.18 Å². The lowest BCUT2D eigenvalue weighted by Gasteiger charge is -2.23. The van der Waals surface area contributed by atoms with Crippen LogP contribution < -0.4 is 10.6 Å². The SMILES string of the molecule is CC(C(=O)NC(C)CC(F)(F)F)=C1CNC1. The van der Waals surface area contributed by atoms with E-state index in [1.807, 2.05) is 0 Å². The van der Waals surface area contributed by atoms with Crippen molar-refractivity contribution in [2.75, 3.05) is 13.1 Å². The van der Waals surface area contributed by atoms with Gasteiger partial charge in [0, 0.05) is 24.7 Å². The Balaban J connectivity index is 2.45. The summed E-state index contributed by atoms with van der Waals surface area (Å²) in [5.41, 5.74) is 1.48. The Bertz CT molecular complexity index is 304. The van der Waals surface area contributed by atoms with Crippen LogP contribution in [0.5, 0.6) is 0 Å². The van der Waals surface area contributed by atoms with Crippen LogP contribution in [0.15, 0.2) is 11.1 Å². The fraction of sp³-hybridized carbons (Fsp3) is 0.700. The van der Waals surface area contributed by atoms with Crippen molar-refractivity contribution in [1.82, 2.24) is 10.6 Å². The van der Waals surface area contributed by atoms with E-state index in [1.54, 1.807) is 6.92 Å². The molecule has 0 aromatic heterocycles. The van der Waals surface area contributed by atoms with Crippen molar-refractivity contribution >= 4 is 5.91 Å². The maximum Gasteiger partial charge on any atom is 0.391 e. The normalized spacial score (nSPS) is 17.7. The van der Waals surface area contributed by atoms with E-state index < -0.39 is 24.5 Å². The zero-order valence-electron chi connectivity index (χ0n) is 9.24. The largest absolute Gasteiger partial charge is 0.391 e. The molecule has 1 amide bonds. The number of carbonyl (C=O) groups is 1. The van der Waals surface area contributed by atoms with Crippen molar-refractivity contribution < 1.29 is 18.0 Å². The van der Waals surface area contributed by atoms with Crippen molar-refractivity contribution in [1.29, 1.82) is 0 Å². The second kappa shape index (κ2) is 4.86. The Hall–Kier alpha value is -1.04. The Morgan fingerprint density at radius 1 is 1.50 bits per heavy atom. The molecule has 0 bridgehead atoms. The molecule has 2 N–H and O–H groups in total. The van der Waals surface area contributed by atoms with Crippen LogP contribution in [-0.4, -0.2) is 31.2 Å². The van der Waals surface area contributed by atoms with Gasteiger partial charge in [0.1, 0.15) is 0 Å². The molecule has 3 nitrogen and oxygen atoms in total. The van der Waals surface area contributed by atoms with Gasteiger partial charge in [0.25, 0.3) is 0 Å². The summed E-state index contributed by atoms with van der Waals surface area (Å²) in [4.78, 5) is 11.5. The zero-order chi connectivity index (χ0) is 12.3. The van der Waals surface area contributed by atoms with Crippen LogP contribution in [0.4, 0.5) is 13.2 Å². The molecule has 6 heteroatoms. The van der Waals surface area contributed by atoms with E-state index >= 15 is 0 Å². The number of hydrogen-bond acceptors (Lipinski definition) is 2. The predicted octanol–water partition coefficient (Wildman–Crippen LogP) is 1.36. The molecule has 1 aliphatic heterocycles. The molecular formula is C10H15F3N2O. The van der Waals surface area contributed by atoms with Crippen LogP contribution in [0.1, 0.15) is 20.3 Å². The zero-order valence-corrected chi connectivity index (χ0v) is 9.24. The van der Waals surface area contributed by atoms with Crippen molar-refractivity contribution in [3.05, 3.63) is 11.1 Å². The maximum absolute atomic E-state index is 12.0. The van der Waals surface area contributed by atoms with E-state index in [0.717, 1.165) is 5.57 Å². The van der Waals surface area contributed by atoms with Gasteiger partial charge in [-0.1, -0.05) is 0 Å². The van der Waals surface area contributed by atoms with E-state index in [1.165, 1.54) is 6.92 Å². The van der Waals surface area contributed by atoms with Crippen molar-refractivity contribution in [3.8, 4) is 0 Å². The van der Waals surface area contributed by atoms with Gasteiger partial charge < -0.3 is 10.6 Å². The summed E-state index contributed by atoms with van der Waals surface area (Å²) in [6, 6.07) is -0.893. The first-order valence-corrected chi connectivity index (χ1v) is 5.06. The third kappa shape index (κ3) is 3.84. The topological polar surface area (TPSA) is 41.1 Å². The third-order valence-corrected chi connectivity index (χ3v) is 2.46. The minimum absolute atomic E-state index is 0.409. The van der Waals surface area contributed by atoms with E-state index in [9.17, 15) is 18.0 Å². The quantitative estimate of drug-likeness (QED) is 0.726. The van der Waals surface area contributed by atoms with Crippen LogP contribution in [0.3, 0.4) is 0 Å². The van der Waals surface area contributed by atoms with Crippen LogP contribution >= 0.6 is 0 Å². The molecule has 1 atom stereocenters. The van der Waals surface area contributed by atoms with Gasteiger partial charge in [-0.05, 0) is 19.4 Å². The second-order valence-corrected chi connectivity index (χ2v) is 4.03. The monoisotopic (exact) mass is 236 g/mol. The van der Waals surface area contributed by atoms with Gasteiger partial charge in [-0.2, -0.15) is 13.2 Å². The highest BCUT2D eigenvalue weighted by Crippen LogP contribution is 2.21. The van der Waals surface area contributed by atoms with Gasteiger partial charge in [0.05, 0.1) is 6.42 Å². The van der Waals surface area contributed by atoms with Crippen molar-refractivity contribution in [3.63, 3.8) is 0 Å². The number of rotatable bonds is 3. The van der Waals surface area contributed by atoms with Gasteiger partial charge in [0.15, 0.2) is 0 Å². The lowest BCUT2D eigenvalue weighted by molar-refractivity contribution is -0.140. The molecule has 1 heterocycles. The Labute approximate surface area is 92.1 Å². The van der Waals surface area contributed by atoms with Crippen LogP contribution in [0.2, 0.25) is 0 Å². The van der Waals surface area contributed by atoms with Crippen LogP contribution in [0, 0.1) is 0 Å². The highest BCUT2D eigenvalue weighted by molar-refractivity contribution is 5.94. The highest BCUT2D eigenvalue weighted by atomic mass is 19.4. The molecular weight excluding hydrogens is 221 g/mol. The van der Waals surface area contributed by atoms with E-state index in [2.05, 4.69) is 10.6 Å². The molecule has 1 saturated heterocycles. The Kier molecular flexibility index (Phi) is 3.96.